The van der Waals surface area contributed by atoms with Crippen molar-refractivity contribution in [1.82, 2.24) is 0 Å². The van der Waals surface area contributed by atoms with Crippen LogP contribution in [0.25, 0.3) is 0 Å². The third-order valence-electron chi connectivity index (χ3n) is 2.98. The normalized spacial score (nSPS) is 48.7. The molecule has 2 aliphatic rings. The van der Waals surface area contributed by atoms with E-state index in [0.29, 0.717) is 0 Å². The number of alkyl halides is 1. The standard InChI is InChI=1S/C8H8FNO4/c9-8(6(13)14)3-1-2-7(10,4(3)8)5(11)12/h1-4H,10H2,(H,11,12)(H,13,14)/t3-,4-,7+,8-/m1/s1. The Bertz CT molecular complexity index is 368. The van der Waals surface area contributed by atoms with Gasteiger partial charge in [-0.3, -0.25) is 0 Å². The SMILES string of the molecule is N[C@@]1(C(=O)O)C=C[C@@H]2[C@H]1[C@@]2(F)C(=O)O. The smallest absolute Gasteiger partial charge is 0.342 e. The second kappa shape index (κ2) is 2.14. The maximum absolute atomic E-state index is 13.6. The molecule has 2 rings (SSSR count). The van der Waals surface area contributed by atoms with Crippen LogP contribution in [0.1, 0.15) is 0 Å². The first-order valence-electron chi connectivity index (χ1n) is 3.99. The molecule has 0 radical (unpaired) electrons. The topological polar surface area (TPSA) is 101 Å². The molecule has 0 saturated heterocycles. The van der Waals surface area contributed by atoms with E-state index in [1.165, 1.54) is 6.08 Å². The Labute approximate surface area is 78.0 Å². The summed E-state index contributed by atoms with van der Waals surface area (Å²) in [5.41, 5.74) is 1.04. The van der Waals surface area contributed by atoms with E-state index in [0.717, 1.165) is 6.08 Å². The fourth-order valence-corrected chi connectivity index (χ4v) is 2.12. The number of fused-ring (bicyclic) bond motifs is 1. The Hall–Kier alpha value is -1.43. The molecule has 5 nitrogen and oxygen atoms in total. The summed E-state index contributed by atoms with van der Waals surface area (Å²) < 4.78 is 13.6. The molecular weight excluding hydrogens is 193 g/mol. The summed E-state index contributed by atoms with van der Waals surface area (Å²) >= 11 is 0. The molecule has 0 bridgehead atoms. The molecule has 0 aliphatic heterocycles. The van der Waals surface area contributed by atoms with Gasteiger partial charge in [0, 0.05) is 11.8 Å². The minimum absolute atomic E-state index is 0.902. The summed E-state index contributed by atoms with van der Waals surface area (Å²) in [5, 5.41) is 17.3. The maximum atomic E-state index is 13.6. The molecule has 0 aromatic carbocycles. The van der Waals surface area contributed by atoms with Crippen LogP contribution in [0.4, 0.5) is 4.39 Å². The van der Waals surface area contributed by atoms with Crippen LogP contribution in [0, 0.1) is 11.8 Å². The lowest BCUT2D eigenvalue weighted by molar-refractivity contribution is -0.147. The quantitative estimate of drug-likeness (QED) is 0.517. The first-order chi connectivity index (χ1) is 6.35. The van der Waals surface area contributed by atoms with Crippen molar-refractivity contribution in [2.45, 2.75) is 11.2 Å². The van der Waals surface area contributed by atoms with Crippen molar-refractivity contribution >= 4 is 11.9 Å². The van der Waals surface area contributed by atoms with Gasteiger partial charge in [0.25, 0.3) is 0 Å². The van der Waals surface area contributed by atoms with Crippen LogP contribution in [-0.4, -0.2) is 33.4 Å². The highest BCUT2D eigenvalue weighted by Gasteiger charge is 2.80. The molecule has 1 fully saturated rings. The fourth-order valence-electron chi connectivity index (χ4n) is 2.12. The van der Waals surface area contributed by atoms with E-state index in [-0.39, 0.29) is 0 Å². The predicted molar refractivity (Wildman–Crippen MR) is 42.1 cm³/mol. The number of nitrogens with two attached hydrogens (primary N) is 1. The van der Waals surface area contributed by atoms with Crippen LogP contribution < -0.4 is 5.73 Å². The lowest BCUT2D eigenvalue weighted by Crippen LogP contribution is -2.50. The summed E-state index contributed by atoms with van der Waals surface area (Å²) in [6.07, 6.45) is 2.39. The number of carbonyl (C=O) groups is 2. The molecule has 4 N–H and O–H groups in total. The average Bonchev–Trinajstić information content (AvgIpc) is 2.50. The van der Waals surface area contributed by atoms with Gasteiger partial charge in [-0.1, -0.05) is 12.2 Å². The Kier molecular flexibility index (Phi) is 1.40. The summed E-state index contributed by atoms with van der Waals surface area (Å²) in [6, 6.07) is 0. The van der Waals surface area contributed by atoms with Crippen LogP contribution in [0.3, 0.4) is 0 Å². The highest BCUT2D eigenvalue weighted by atomic mass is 19.1. The van der Waals surface area contributed by atoms with E-state index in [1.54, 1.807) is 0 Å². The molecule has 6 heteroatoms. The van der Waals surface area contributed by atoms with Crippen molar-refractivity contribution in [3.05, 3.63) is 12.2 Å². The Morgan fingerprint density at radius 1 is 1.36 bits per heavy atom. The number of allylic oxidation sites excluding steroid dienone is 1. The van der Waals surface area contributed by atoms with Gasteiger partial charge in [0.05, 0.1) is 0 Å². The number of hydrogen-bond donors (Lipinski definition) is 3. The van der Waals surface area contributed by atoms with Crippen molar-refractivity contribution < 1.29 is 24.2 Å². The van der Waals surface area contributed by atoms with E-state index < -0.39 is 35.0 Å². The highest BCUT2D eigenvalue weighted by molar-refractivity contribution is 5.92. The Balaban J connectivity index is 2.37. The molecule has 0 aromatic rings. The van der Waals surface area contributed by atoms with Crippen molar-refractivity contribution in [2.24, 2.45) is 17.6 Å². The van der Waals surface area contributed by atoms with Crippen LogP contribution in [0.2, 0.25) is 0 Å². The first kappa shape index (κ1) is 9.14. The van der Waals surface area contributed by atoms with Crippen molar-refractivity contribution in [1.29, 1.82) is 0 Å². The van der Waals surface area contributed by atoms with E-state index >= 15 is 0 Å². The summed E-state index contributed by atoms with van der Waals surface area (Å²) in [4.78, 5) is 21.3. The van der Waals surface area contributed by atoms with Gasteiger partial charge < -0.3 is 15.9 Å². The van der Waals surface area contributed by atoms with E-state index in [2.05, 4.69) is 0 Å². The molecule has 2 aliphatic carbocycles. The molecular formula is C8H8FNO4. The van der Waals surface area contributed by atoms with Crippen molar-refractivity contribution in [3.63, 3.8) is 0 Å². The number of aliphatic carboxylic acids is 2. The Morgan fingerprint density at radius 2 is 1.93 bits per heavy atom. The maximum Gasteiger partial charge on any atom is 0.342 e. The monoisotopic (exact) mass is 201 g/mol. The van der Waals surface area contributed by atoms with Gasteiger partial charge in [-0.15, -0.1) is 0 Å². The molecule has 1 saturated carbocycles. The molecule has 14 heavy (non-hydrogen) atoms. The highest BCUT2D eigenvalue weighted by Crippen LogP contribution is 2.63. The number of carboxylic acid groups (broad SMARTS) is 2. The zero-order valence-electron chi connectivity index (χ0n) is 6.98. The zero-order chi connectivity index (χ0) is 10.7. The van der Waals surface area contributed by atoms with Gasteiger partial charge >= 0.3 is 11.9 Å². The molecule has 4 atom stereocenters. The molecule has 76 valence electrons. The molecule has 0 unspecified atom stereocenters. The molecule has 0 heterocycles. The largest absolute Gasteiger partial charge is 0.480 e. The van der Waals surface area contributed by atoms with E-state index in [1.807, 2.05) is 0 Å². The van der Waals surface area contributed by atoms with Crippen molar-refractivity contribution in [3.8, 4) is 0 Å². The predicted octanol–water partition coefficient (Wildman–Crippen LogP) is -0.623. The van der Waals surface area contributed by atoms with E-state index in [9.17, 15) is 14.0 Å². The lowest BCUT2D eigenvalue weighted by Gasteiger charge is -2.19. The van der Waals surface area contributed by atoms with Gasteiger partial charge in [-0.25, -0.2) is 14.0 Å². The third-order valence-corrected chi connectivity index (χ3v) is 2.98. The van der Waals surface area contributed by atoms with Crippen LogP contribution >= 0.6 is 0 Å². The van der Waals surface area contributed by atoms with Gasteiger partial charge in [-0.2, -0.15) is 0 Å². The second-order valence-electron chi connectivity index (χ2n) is 3.67. The van der Waals surface area contributed by atoms with Gasteiger partial charge in [0.15, 0.2) is 0 Å². The van der Waals surface area contributed by atoms with Gasteiger partial charge in [0.1, 0.15) is 5.54 Å². The van der Waals surface area contributed by atoms with Crippen LogP contribution in [0.15, 0.2) is 12.2 Å². The molecule has 0 amide bonds. The number of hydrogen-bond acceptors (Lipinski definition) is 3. The second-order valence-corrected chi connectivity index (χ2v) is 3.67. The average molecular weight is 201 g/mol. The zero-order valence-corrected chi connectivity index (χ0v) is 6.98. The van der Waals surface area contributed by atoms with Crippen LogP contribution in [0.5, 0.6) is 0 Å². The minimum Gasteiger partial charge on any atom is -0.480 e. The molecule has 0 aromatic heterocycles. The first-order valence-corrected chi connectivity index (χ1v) is 3.99. The van der Waals surface area contributed by atoms with Gasteiger partial charge in [-0.05, 0) is 0 Å². The number of carboxylic acids is 2. The Morgan fingerprint density at radius 3 is 2.29 bits per heavy atom. The van der Waals surface area contributed by atoms with Crippen LogP contribution in [-0.2, 0) is 9.59 Å². The van der Waals surface area contributed by atoms with Gasteiger partial charge in [0.2, 0.25) is 5.67 Å². The fraction of sp³-hybridized carbons (Fsp3) is 0.500. The lowest BCUT2D eigenvalue weighted by atomic mass is 9.94. The molecule has 0 spiro atoms. The number of halogens is 1. The number of rotatable bonds is 2. The minimum atomic E-state index is -2.50. The summed E-state index contributed by atoms with van der Waals surface area (Å²) in [7, 11) is 0. The summed E-state index contributed by atoms with van der Waals surface area (Å²) in [6.45, 7) is 0. The van der Waals surface area contributed by atoms with E-state index in [4.69, 9.17) is 15.9 Å². The third kappa shape index (κ3) is 0.724. The van der Waals surface area contributed by atoms with Crippen molar-refractivity contribution in [2.75, 3.05) is 0 Å². The summed E-state index contributed by atoms with van der Waals surface area (Å²) in [5.74, 6) is -5.12.